The van der Waals surface area contributed by atoms with Crippen molar-refractivity contribution in [3.8, 4) is 5.75 Å². The third-order valence-electron chi connectivity index (χ3n) is 2.46. The summed E-state index contributed by atoms with van der Waals surface area (Å²) in [6.07, 6.45) is 0.894. The fourth-order valence-electron chi connectivity index (χ4n) is 1.64. The van der Waals surface area contributed by atoms with Gasteiger partial charge in [-0.3, -0.25) is 0 Å². The van der Waals surface area contributed by atoms with Crippen molar-refractivity contribution < 1.29 is 9.90 Å². The lowest BCUT2D eigenvalue weighted by molar-refractivity contribution is 0.195. The molecule has 0 bridgehead atoms. The van der Waals surface area contributed by atoms with Gasteiger partial charge in [0.1, 0.15) is 5.75 Å². The number of urea groups is 1. The van der Waals surface area contributed by atoms with Gasteiger partial charge < -0.3 is 15.3 Å². The van der Waals surface area contributed by atoms with E-state index in [2.05, 4.69) is 5.32 Å². The molecule has 4 nitrogen and oxygen atoms in total. The standard InChI is InChI=1S/C13H20N2O2/c1-3-9-15(13(17)14-4-2)10-11-7-5-6-8-12(11)16/h5-8,16H,3-4,9-10H2,1-2H3,(H,14,17). The van der Waals surface area contributed by atoms with Crippen molar-refractivity contribution >= 4 is 6.03 Å². The first-order chi connectivity index (χ1) is 8.19. The highest BCUT2D eigenvalue weighted by molar-refractivity contribution is 5.74. The lowest BCUT2D eigenvalue weighted by Crippen LogP contribution is -2.39. The second-order valence-electron chi connectivity index (χ2n) is 3.89. The summed E-state index contributed by atoms with van der Waals surface area (Å²) in [5, 5.41) is 12.5. The first kappa shape index (κ1) is 13.4. The summed E-state index contributed by atoms with van der Waals surface area (Å²) in [5.74, 6) is 0.234. The van der Waals surface area contributed by atoms with E-state index in [9.17, 15) is 9.90 Å². The number of carbonyl (C=O) groups excluding carboxylic acids is 1. The summed E-state index contributed by atoms with van der Waals surface area (Å²) in [4.78, 5) is 13.5. The van der Waals surface area contributed by atoms with E-state index in [1.807, 2.05) is 26.0 Å². The van der Waals surface area contributed by atoms with Crippen LogP contribution in [0.25, 0.3) is 0 Å². The lowest BCUT2D eigenvalue weighted by atomic mass is 10.2. The summed E-state index contributed by atoms with van der Waals surface area (Å²) in [6.45, 7) is 5.64. The molecule has 0 saturated heterocycles. The molecule has 0 aliphatic carbocycles. The molecular weight excluding hydrogens is 216 g/mol. The molecule has 1 aromatic rings. The second-order valence-corrected chi connectivity index (χ2v) is 3.89. The van der Waals surface area contributed by atoms with Crippen LogP contribution in [-0.4, -0.2) is 29.1 Å². The van der Waals surface area contributed by atoms with Gasteiger partial charge in [-0.15, -0.1) is 0 Å². The van der Waals surface area contributed by atoms with E-state index in [-0.39, 0.29) is 11.8 Å². The zero-order chi connectivity index (χ0) is 12.7. The van der Waals surface area contributed by atoms with Gasteiger partial charge in [-0.2, -0.15) is 0 Å². The molecule has 0 unspecified atom stereocenters. The summed E-state index contributed by atoms with van der Waals surface area (Å²) in [7, 11) is 0. The molecule has 4 heteroatoms. The number of carbonyl (C=O) groups is 1. The summed E-state index contributed by atoms with van der Waals surface area (Å²) < 4.78 is 0. The Morgan fingerprint density at radius 3 is 2.65 bits per heavy atom. The molecule has 0 heterocycles. The minimum atomic E-state index is -0.0856. The fraction of sp³-hybridized carbons (Fsp3) is 0.462. The molecule has 0 aliphatic heterocycles. The van der Waals surface area contributed by atoms with Crippen LogP contribution >= 0.6 is 0 Å². The number of hydrogen-bond donors (Lipinski definition) is 2. The fourth-order valence-corrected chi connectivity index (χ4v) is 1.64. The van der Waals surface area contributed by atoms with E-state index >= 15 is 0 Å². The molecule has 2 amide bonds. The van der Waals surface area contributed by atoms with Gasteiger partial charge in [0.25, 0.3) is 0 Å². The number of hydrogen-bond acceptors (Lipinski definition) is 2. The van der Waals surface area contributed by atoms with E-state index in [4.69, 9.17) is 0 Å². The molecule has 0 saturated carbocycles. The number of aromatic hydroxyl groups is 1. The highest BCUT2D eigenvalue weighted by atomic mass is 16.3. The van der Waals surface area contributed by atoms with Crippen LogP contribution in [0.1, 0.15) is 25.8 Å². The van der Waals surface area contributed by atoms with Crippen molar-refractivity contribution in [2.75, 3.05) is 13.1 Å². The molecule has 94 valence electrons. The van der Waals surface area contributed by atoms with Crippen molar-refractivity contribution in [1.82, 2.24) is 10.2 Å². The quantitative estimate of drug-likeness (QED) is 0.824. The maximum Gasteiger partial charge on any atom is 0.317 e. The Hall–Kier alpha value is -1.71. The molecule has 0 aliphatic rings. The highest BCUT2D eigenvalue weighted by Crippen LogP contribution is 2.17. The first-order valence-corrected chi connectivity index (χ1v) is 5.98. The van der Waals surface area contributed by atoms with E-state index in [1.165, 1.54) is 0 Å². The molecule has 17 heavy (non-hydrogen) atoms. The minimum Gasteiger partial charge on any atom is -0.508 e. The SMILES string of the molecule is CCCN(Cc1ccccc1O)C(=O)NCC. The Kier molecular flexibility index (Phi) is 5.33. The smallest absolute Gasteiger partial charge is 0.317 e. The number of benzene rings is 1. The van der Waals surface area contributed by atoms with Crippen molar-refractivity contribution in [3.63, 3.8) is 0 Å². The lowest BCUT2D eigenvalue weighted by Gasteiger charge is -2.22. The van der Waals surface area contributed by atoms with Gasteiger partial charge in [0.05, 0.1) is 6.54 Å². The van der Waals surface area contributed by atoms with Crippen molar-refractivity contribution in [1.29, 1.82) is 0 Å². The van der Waals surface area contributed by atoms with Gasteiger partial charge in [-0.05, 0) is 19.4 Å². The second kappa shape index (κ2) is 6.78. The molecule has 0 atom stereocenters. The molecule has 0 fully saturated rings. The predicted octanol–water partition coefficient (Wildman–Crippen LogP) is 2.33. The zero-order valence-corrected chi connectivity index (χ0v) is 10.4. The van der Waals surface area contributed by atoms with Crippen molar-refractivity contribution in [2.24, 2.45) is 0 Å². The minimum absolute atomic E-state index is 0.0856. The molecule has 1 aromatic carbocycles. The monoisotopic (exact) mass is 236 g/mol. The van der Waals surface area contributed by atoms with Crippen LogP contribution in [-0.2, 0) is 6.54 Å². The van der Waals surface area contributed by atoms with Gasteiger partial charge in [-0.1, -0.05) is 25.1 Å². The average molecular weight is 236 g/mol. The molecule has 2 N–H and O–H groups in total. The molecule has 0 aromatic heterocycles. The van der Waals surface area contributed by atoms with Gasteiger partial charge in [-0.25, -0.2) is 4.79 Å². The van der Waals surface area contributed by atoms with Crippen molar-refractivity contribution in [2.45, 2.75) is 26.8 Å². The third kappa shape index (κ3) is 3.98. The number of rotatable bonds is 5. The number of nitrogens with one attached hydrogen (secondary N) is 1. The Morgan fingerprint density at radius 2 is 2.06 bits per heavy atom. The Balaban J connectivity index is 2.73. The van der Waals surface area contributed by atoms with Gasteiger partial charge in [0, 0.05) is 18.7 Å². The van der Waals surface area contributed by atoms with Crippen LogP contribution in [0.5, 0.6) is 5.75 Å². The van der Waals surface area contributed by atoms with Gasteiger partial charge in [0.2, 0.25) is 0 Å². The van der Waals surface area contributed by atoms with Crippen LogP contribution in [0.15, 0.2) is 24.3 Å². The molecule has 0 spiro atoms. The normalized spacial score (nSPS) is 10.0. The van der Waals surface area contributed by atoms with Gasteiger partial charge in [0.15, 0.2) is 0 Å². The predicted molar refractivity (Wildman–Crippen MR) is 67.9 cm³/mol. The van der Waals surface area contributed by atoms with Crippen LogP contribution in [0.3, 0.4) is 0 Å². The Bertz CT molecular complexity index is 366. The average Bonchev–Trinajstić information content (AvgIpc) is 2.31. The number of phenolic OH excluding ortho intramolecular Hbond substituents is 1. The number of amides is 2. The summed E-state index contributed by atoms with van der Waals surface area (Å²) in [6, 6.07) is 7.01. The molecular formula is C13H20N2O2. The Morgan fingerprint density at radius 1 is 1.35 bits per heavy atom. The molecule has 0 radical (unpaired) electrons. The van der Waals surface area contributed by atoms with E-state index in [0.717, 1.165) is 12.0 Å². The maximum absolute atomic E-state index is 11.8. The maximum atomic E-state index is 11.8. The topological polar surface area (TPSA) is 52.6 Å². The van der Waals surface area contributed by atoms with E-state index in [0.29, 0.717) is 19.6 Å². The zero-order valence-electron chi connectivity index (χ0n) is 10.4. The van der Waals surface area contributed by atoms with Crippen LogP contribution in [0.2, 0.25) is 0 Å². The number of para-hydroxylation sites is 1. The van der Waals surface area contributed by atoms with E-state index in [1.54, 1.807) is 17.0 Å². The van der Waals surface area contributed by atoms with Crippen LogP contribution < -0.4 is 5.32 Å². The van der Waals surface area contributed by atoms with E-state index < -0.39 is 0 Å². The number of phenols is 1. The third-order valence-corrected chi connectivity index (χ3v) is 2.46. The van der Waals surface area contributed by atoms with Crippen molar-refractivity contribution in [3.05, 3.63) is 29.8 Å². The Labute approximate surface area is 102 Å². The summed E-state index contributed by atoms with van der Waals surface area (Å²) in [5.41, 5.74) is 0.771. The largest absolute Gasteiger partial charge is 0.508 e. The number of nitrogens with zero attached hydrogens (tertiary/aromatic N) is 1. The first-order valence-electron chi connectivity index (χ1n) is 5.98. The van der Waals surface area contributed by atoms with Crippen LogP contribution in [0, 0.1) is 0 Å². The molecule has 1 rings (SSSR count). The van der Waals surface area contributed by atoms with Gasteiger partial charge >= 0.3 is 6.03 Å². The highest BCUT2D eigenvalue weighted by Gasteiger charge is 2.13. The summed E-state index contributed by atoms with van der Waals surface area (Å²) >= 11 is 0. The van der Waals surface area contributed by atoms with Crippen LogP contribution in [0.4, 0.5) is 4.79 Å².